The molecular weight excluding hydrogens is 272 g/mol. The summed E-state index contributed by atoms with van der Waals surface area (Å²) in [5, 5.41) is 1.11. The summed E-state index contributed by atoms with van der Waals surface area (Å²) in [5.74, 6) is 1.30. The van der Waals surface area contributed by atoms with E-state index in [1.54, 1.807) is 11.3 Å². The van der Waals surface area contributed by atoms with Crippen LogP contribution in [0, 0.1) is 0 Å². The van der Waals surface area contributed by atoms with Crippen molar-refractivity contribution >= 4 is 33.3 Å². The standard InChI is InChI=1S/C14H20N4OS/c1-4-10-5-11-12(16-14(15)17-13(11)20-10)18-6-9(3)19-7-8(18)2/h5,8-9H,4,6-7H2,1-3H3,(H2,15,16,17). The van der Waals surface area contributed by atoms with E-state index >= 15 is 0 Å². The van der Waals surface area contributed by atoms with E-state index in [1.165, 1.54) is 4.88 Å². The number of nitrogens with zero attached hydrogens (tertiary/aromatic N) is 3. The first-order valence-electron chi connectivity index (χ1n) is 7.02. The summed E-state index contributed by atoms with van der Waals surface area (Å²) < 4.78 is 5.70. The quantitative estimate of drug-likeness (QED) is 0.921. The summed E-state index contributed by atoms with van der Waals surface area (Å²) >= 11 is 1.70. The number of hydrogen-bond acceptors (Lipinski definition) is 6. The summed E-state index contributed by atoms with van der Waals surface area (Å²) in [7, 11) is 0. The van der Waals surface area contributed by atoms with E-state index in [1.807, 2.05) is 0 Å². The summed E-state index contributed by atoms with van der Waals surface area (Å²) in [6.45, 7) is 7.96. The van der Waals surface area contributed by atoms with Gasteiger partial charge < -0.3 is 15.4 Å². The fourth-order valence-electron chi connectivity index (χ4n) is 2.56. The molecule has 0 amide bonds. The predicted molar refractivity (Wildman–Crippen MR) is 83.4 cm³/mol. The lowest BCUT2D eigenvalue weighted by atomic mass is 10.2. The summed E-state index contributed by atoms with van der Waals surface area (Å²) in [6.07, 6.45) is 1.22. The highest BCUT2D eigenvalue weighted by molar-refractivity contribution is 7.18. The maximum atomic E-state index is 5.89. The zero-order valence-corrected chi connectivity index (χ0v) is 12.9. The summed E-state index contributed by atoms with van der Waals surface area (Å²) in [4.78, 5) is 13.5. The molecule has 1 fully saturated rings. The van der Waals surface area contributed by atoms with Crippen LogP contribution >= 0.6 is 11.3 Å². The Labute approximate surface area is 122 Å². The molecule has 0 spiro atoms. The molecule has 2 atom stereocenters. The van der Waals surface area contributed by atoms with Crippen molar-refractivity contribution in [3.8, 4) is 0 Å². The number of nitrogens with two attached hydrogens (primary N) is 1. The normalized spacial score (nSPS) is 23.4. The lowest BCUT2D eigenvalue weighted by Crippen LogP contribution is -2.47. The molecule has 1 saturated heterocycles. The molecule has 2 unspecified atom stereocenters. The van der Waals surface area contributed by atoms with Crippen molar-refractivity contribution in [1.82, 2.24) is 9.97 Å². The Morgan fingerprint density at radius 3 is 3.00 bits per heavy atom. The molecule has 2 aromatic rings. The van der Waals surface area contributed by atoms with Crippen LogP contribution in [0.4, 0.5) is 11.8 Å². The predicted octanol–water partition coefficient (Wildman–Crippen LogP) is 2.45. The SMILES string of the molecule is CCc1cc2c(N3CC(C)OCC3C)nc(N)nc2s1. The topological polar surface area (TPSA) is 64.3 Å². The van der Waals surface area contributed by atoms with Gasteiger partial charge in [-0.25, -0.2) is 4.98 Å². The highest BCUT2D eigenvalue weighted by atomic mass is 32.1. The molecule has 5 nitrogen and oxygen atoms in total. The molecule has 3 rings (SSSR count). The second-order valence-corrected chi connectivity index (χ2v) is 6.45. The second-order valence-electron chi connectivity index (χ2n) is 5.34. The lowest BCUT2D eigenvalue weighted by molar-refractivity contribution is 0.0342. The minimum absolute atomic E-state index is 0.210. The van der Waals surface area contributed by atoms with E-state index in [0.717, 1.165) is 35.6 Å². The van der Waals surface area contributed by atoms with E-state index in [9.17, 15) is 0 Å². The minimum Gasteiger partial charge on any atom is -0.375 e. The number of anilines is 2. The van der Waals surface area contributed by atoms with E-state index in [0.29, 0.717) is 12.0 Å². The fraction of sp³-hybridized carbons (Fsp3) is 0.571. The Bertz CT molecular complexity index is 627. The van der Waals surface area contributed by atoms with E-state index in [-0.39, 0.29) is 6.10 Å². The first-order chi connectivity index (χ1) is 9.58. The van der Waals surface area contributed by atoms with Gasteiger partial charge in [-0.1, -0.05) is 6.92 Å². The maximum Gasteiger partial charge on any atom is 0.223 e. The molecule has 108 valence electrons. The molecule has 0 aliphatic carbocycles. The van der Waals surface area contributed by atoms with Crippen molar-refractivity contribution in [2.24, 2.45) is 0 Å². The molecule has 2 N–H and O–H groups in total. The third-order valence-corrected chi connectivity index (χ3v) is 4.84. The van der Waals surface area contributed by atoms with Gasteiger partial charge in [0, 0.05) is 11.4 Å². The van der Waals surface area contributed by atoms with Crippen LogP contribution in [0.25, 0.3) is 10.2 Å². The number of rotatable bonds is 2. The first kappa shape index (κ1) is 13.6. The molecule has 2 aromatic heterocycles. The largest absolute Gasteiger partial charge is 0.375 e. The molecule has 3 heterocycles. The van der Waals surface area contributed by atoms with Gasteiger partial charge in [-0.2, -0.15) is 4.98 Å². The zero-order valence-electron chi connectivity index (χ0n) is 12.1. The summed E-state index contributed by atoms with van der Waals surface area (Å²) in [5.41, 5.74) is 5.89. The number of aryl methyl sites for hydroxylation is 1. The van der Waals surface area contributed by atoms with Crippen molar-refractivity contribution in [2.75, 3.05) is 23.8 Å². The number of morpholine rings is 1. The first-order valence-corrected chi connectivity index (χ1v) is 7.84. The third-order valence-electron chi connectivity index (χ3n) is 3.67. The minimum atomic E-state index is 0.210. The number of fused-ring (bicyclic) bond motifs is 1. The Morgan fingerprint density at radius 2 is 2.25 bits per heavy atom. The Balaban J connectivity index is 2.11. The average Bonchev–Trinajstić information content (AvgIpc) is 2.83. The van der Waals surface area contributed by atoms with Crippen molar-refractivity contribution in [3.05, 3.63) is 10.9 Å². The van der Waals surface area contributed by atoms with Crippen LogP contribution < -0.4 is 10.6 Å². The van der Waals surface area contributed by atoms with E-state index < -0.39 is 0 Å². The van der Waals surface area contributed by atoms with E-state index in [2.05, 4.69) is 41.7 Å². The zero-order chi connectivity index (χ0) is 14.3. The van der Waals surface area contributed by atoms with Crippen LogP contribution in [0.5, 0.6) is 0 Å². The number of aromatic nitrogens is 2. The molecule has 6 heteroatoms. The van der Waals surface area contributed by atoms with Crippen molar-refractivity contribution < 1.29 is 4.74 Å². The van der Waals surface area contributed by atoms with Gasteiger partial charge in [0.1, 0.15) is 10.6 Å². The fourth-order valence-corrected chi connectivity index (χ4v) is 3.53. The van der Waals surface area contributed by atoms with Gasteiger partial charge in [-0.15, -0.1) is 11.3 Å². The Morgan fingerprint density at radius 1 is 1.45 bits per heavy atom. The van der Waals surface area contributed by atoms with Gasteiger partial charge in [0.2, 0.25) is 5.95 Å². The number of nitrogen functional groups attached to an aromatic ring is 1. The van der Waals surface area contributed by atoms with Crippen molar-refractivity contribution in [3.63, 3.8) is 0 Å². The van der Waals surface area contributed by atoms with Crippen molar-refractivity contribution in [1.29, 1.82) is 0 Å². The molecule has 0 aromatic carbocycles. The van der Waals surface area contributed by atoms with Crippen LogP contribution in [0.3, 0.4) is 0 Å². The highest BCUT2D eigenvalue weighted by Gasteiger charge is 2.27. The van der Waals surface area contributed by atoms with Crippen LogP contribution in [0.2, 0.25) is 0 Å². The van der Waals surface area contributed by atoms with Gasteiger partial charge >= 0.3 is 0 Å². The van der Waals surface area contributed by atoms with Crippen LogP contribution in [0.1, 0.15) is 25.6 Å². The maximum absolute atomic E-state index is 5.89. The molecule has 0 saturated carbocycles. The average molecular weight is 292 g/mol. The number of thiophene rings is 1. The van der Waals surface area contributed by atoms with Crippen molar-refractivity contribution in [2.45, 2.75) is 39.3 Å². The van der Waals surface area contributed by atoms with Gasteiger partial charge in [-0.3, -0.25) is 0 Å². The monoisotopic (exact) mass is 292 g/mol. The molecule has 0 bridgehead atoms. The molecule has 1 aliphatic heterocycles. The van der Waals surface area contributed by atoms with Gasteiger partial charge in [-0.05, 0) is 26.3 Å². The second kappa shape index (κ2) is 5.18. The number of hydrogen-bond donors (Lipinski definition) is 1. The lowest BCUT2D eigenvalue weighted by Gasteiger charge is -2.37. The molecule has 20 heavy (non-hydrogen) atoms. The van der Waals surface area contributed by atoms with Crippen LogP contribution in [-0.4, -0.2) is 35.3 Å². The van der Waals surface area contributed by atoms with Crippen LogP contribution in [0.15, 0.2) is 6.07 Å². The Hall–Kier alpha value is -1.40. The molecule has 1 aliphatic rings. The third kappa shape index (κ3) is 2.33. The number of ether oxygens (including phenoxy) is 1. The van der Waals surface area contributed by atoms with Crippen LogP contribution in [-0.2, 0) is 11.2 Å². The highest BCUT2D eigenvalue weighted by Crippen LogP contribution is 2.33. The van der Waals surface area contributed by atoms with Gasteiger partial charge in [0.15, 0.2) is 0 Å². The molecular formula is C14H20N4OS. The van der Waals surface area contributed by atoms with E-state index in [4.69, 9.17) is 10.5 Å². The van der Waals surface area contributed by atoms with Gasteiger partial charge in [0.25, 0.3) is 0 Å². The smallest absolute Gasteiger partial charge is 0.223 e. The Kier molecular flexibility index (Phi) is 3.52. The van der Waals surface area contributed by atoms with Gasteiger partial charge in [0.05, 0.1) is 24.1 Å². The summed E-state index contributed by atoms with van der Waals surface area (Å²) in [6, 6.07) is 2.50. The molecule has 0 radical (unpaired) electrons.